The first-order chi connectivity index (χ1) is 27.1. The molecule has 2 heterocycles. The van der Waals surface area contributed by atoms with E-state index in [9.17, 15) is 0 Å². The van der Waals surface area contributed by atoms with E-state index in [4.69, 9.17) is 9.97 Å². The van der Waals surface area contributed by atoms with E-state index in [0.717, 1.165) is 61.3 Å². The number of thiophene rings is 1. The molecule has 0 fully saturated rings. The highest BCUT2D eigenvalue weighted by Crippen LogP contribution is 2.49. The zero-order chi connectivity index (χ0) is 37.3. The molecule has 8 aromatic rings. The number of hydrogen-bond acceptors (Lipinski definition) is 3. The molecule has 2 nitrogen and oxygen atoms in total. The topological polar surface area (TPSA) is 25.8 Å². The molecule has 2 aromatic heterocycles. The van der Waals surface area contributed by atoms with E-state index < -0.39 is 0 Å². The third kappa shape index (κ3) is 6.29. The number of nitrogens with zero attached hydrogens (tertiary/aromatic N) is 2. The zero-order valence-corrected chi connectivity index (χ0v) is 31.2. The molecule has 2 unspecified atom stereocenters. The van der Waals surface area contributed by atoms with Crippen LogP contribution >= 0.6 is 11.3 Å². The van der Waals surface area contributed by atoms with Crippen molar-refractivity contribution in [3.8, 4) is 56.2 Å². The molecule has 9 rings (SSSR count). The van der Waals surface area contributed by atoms with E-state index in [1.807, 2.05) is 18.2 Å². The predicted molar refractivity (Wildman–Crippen MR) is 235 cm³/mol. The molecular weight excluding hydrogens is 685 g/mol. The van der Waals surface area contributed by atoms with Crippen molar-refractivity contribution in [2.24, 2.45) is 0 Å². The molecule has 2 atom stereocenters. The number of rotatable bonds is 9. The summed E-state index contributed by atoms with van der Waals surface area (Å²) >= 11 is 1.75. The second-order valence-electron chi connectivity index (χ2n) is 13.9. The lowest BCUT2D eigenvalue weighted by Crippen LogP contribution is -2.14. The minimum atomic E-state index is 0.162. The van der Waals surface area contributed by atoms with Gasteiger partial charge in [0.2, 0.25) is 0 Å². The van der Waals surface area contributed by atoms with Crippen LogP contribution in [0.3, 0.4) is 0 Å². The summed E-state index contributed by atoms with van der Waals surface area (Å²) in [6, 6.07) is 53.4. The van der Waals surface area contributed by atoms with Crippen LogP contribution in [0.4, 0.5) is 0 Å². The van der Waals surface area contributed by atoms with Crippen molar-refractivity contribution in [3.05, 3.63) is 217 Å². The molecule has 0 radical (unpaired) electrons. The average molecular weight is 723 g/mol. The lowest BCUT2D eigenvalue weighted by molar-refractivity contribution is 0.730. The molecule has 0 bridgehead atoms. The fraction of sp³-hybridized carbons (Fsp3) is 0.0385. The summed E-state index contributed by atoms with van der Waals surface area (Å²) in [5.74, 6) is 1.04. The summed E-state index contributed by atoms with van der Waals surface area (Å²) in [7, 11) is 0. The Morgan fingerprint density at radius 3 is 1.93 bits per heavy atom. The van der Waals surface area contributed by atoms with Gasteiger partial charge in [0.1, 0.15) is 0 Å². The summed E-state index contributed by atoms with van der Waals surface area (Å²) in [5, 5.41) is 3.41. The van der Waals surface area contributed by atoms with Crippen molar-refractivity contribution >= 4 is 33.1 Å². The van der Waals surface area contributed by atoms with Gasteiger partial charge in [0, 0.05) is 38.6 Å². The van der Waals surface area contributed by atoms with Crippen LogP contribution in [0.25, 0.3) is 77.9 Å². The Hall–Kier alpha value is -6.68. The maximum atomic E-state index is 5.30. The SMILES string of the molecule is C=C/C(=C\c1csc2cccc(-c3cc(-c4ccccc4)nc(-c4cccc(-c5ccccc5)c4)n3)c12)c1ccc2c(c1)-c1ccccc1C(C=C)C2C=C. The maximum absolute atomic E-state index is 5.30. The van der Waals surface area contributed by atoms with Crippen LogP contribution in [0.15, 0.2) is 195 Å². The van der Waals surface area contributed by atoms with Gasteiger partial charge < -0.3 is 0 Å². The van der Waals surface area contributed by atoms with Gasteiger partial charge in [0.05, 0.1) is 11.4 Å². The van der Waals surface area contributed by atoms with Gasteiger partial charge in [-0.25, -0.2) is 9.97 Å². The number of hydrogen-bond donors (Lipinski definition) is 0. The van der Waals surface area contributed by atoms with E-state index in [0.29, 0.717) is 5.82 Å². The molecular formula is C52H38N2S. The van der Waals surface area contributed by atoms with Gasteiger partial charge in [-0.15, -0.1) is 24.5 Å². The second-order valence-corrected chi connectivity index (χ2v) is 14.8. The van der Waals surface area contributed by atoms with Gasteiger partial charge in [-0.05, 0) is 85.8 Å². The van der Waals surface area contributed by atoms with Crippen LogP contribution in [-0.2, 0) is 0 Å². The van der Waals surface area contributed by atoms with E-state index in [1.54, 1.807) is 11.3 Å². The summed E-state index contributed by atoms with van der Waals surface area (Å²) in [6.07, 6.45) is 8.36. The van der Waals surface area contributed by atoms with E-state index in [2.05, 4.69) is 183 Å². The number of benzene rings is 6. The number of allylic oxidation sites excluding steroid dienone is 4. The Kier molecular flexibility index (Phi) is 9.07. The molecule has 0 aliphatic heterocycles. The Labute approximate surface area is 326 Å². The normalized spacial score (nSPS) is 14.9. The van der Waals surface area contributed by atoms with Gasteiger partial charge in [0.25, 0.3) is 0 Å². The van der Waals surface area contributed by atoms with Crippen LogP contribution in [-0.4, -0.2) is 9.97 Å². The average Bonchev–Trinajstić information content (AvgIpc) is 3.68. The van der Waals surface area contributed by atoms with Gasteiger partial charge in [-0.1, -0.05) is 152 Å². The maximum Gasteiger partial charge on any atom is 0.160 e. The van der Waals surface area contributed by atoms with Gasteiger partial charge in [-0.3, -0.25) is 0 Å². The first-order valence-corrected chi connectivity index (χ1v) is 19.5. The molecule has 262 valence electrons. The molecule has 0 amide bonds. The van der Waals surface area contributed by atoms with E-state index in [1.165, 1.54) is 27.0 Å². The highest BCUT2D eigenvalue weighted by Gasteiger charge is 2.30. The van der Waals surface area contributed by atoms with Crippen molar-refractivity contribution in [3.63, 3.8) is 0 Å². The molecule has 0 N–H and O–H groups in total. The lowest BCUT2D eigenvalue weighted by atomic mass is 9.71. The molecule has 0 saturated carbocycles. The molecule has 6 aromatic carbocycles. The van der Waals surface area contributed by atoms with Crippen molar-refractivity contribution < 1.29 is 0 Å². The largest absolute Gasteiger partial charge is 0.228 e. The van der Waals surface area contributed by atoms with Crippen LogP contribution < -0.4 is 0 Å². The van der Waals surface area contributed by atoms with Gasteiger partial charge >= 0.3 is 0 Å². The van der Waals surface area contributed by atoms with Crippen molar-refractivity contribution in [2.45, 2.75) is 11.8 Å². The fourth-order valence-electron chi connectivity index (χ4n) is 8.03. The zero-order valence-electron chi connectivity index (χ0n) is 30.4. The Morgan fingerprint density at radius 1 is 0.527 bits per heavy atom. The molecule has 1 aliphatic rings. The summed E-state index contributed by atoms with van der Waals surface area (Å²) in [5.41, 5.74) is 15.5. The second kappa shape index (κ2) is 14.6. The van der Waals surface area contributed by atoms with Crippen LogP contribution in [0.1, 0.15) is 34.1 Å². The van der Waals surface area contributed by atoms with E-state index in [-0.39, 0.29) is 11.8 Å². The molecule has 55 heavy (non-hydrogen) atoms. The van der Waals surface area contributed by atoms with Crippen molar-refractivity contribution in [2.75, 3.05) is 0 Å². The molecule has 3 heteroatoms. The highest BCUT2D eigenvalue weighted by molar-refractivity contribution is 7.17. The van der Waals surface area contributed by atoms with Crippen molar-refractivity contribution in [1.82, 2.24) is 9.97 Å². The minimum Gasteiger partial charge on any atom is -0.228 e. The van der Waals surface area contributed by atoms with Crippen molar-refractivity contribution in [1.29, 1.82) is 0 Å². The lowest BCUT2D eigenvalue weighted by Gasteiger charge is -2.32. The highest BCUT2D eigenvalue weighted by atomic mass is 32.1. The number of aromatic nitrogens is 2. The molecule has 0 saturated heterocycles. The molecule has 0 spiro atoms. The standard InChI is InChI=1S/C52H38N2S/c1-4-34(38-27-28-45-42(6-3)41(5-2)43-23-13-14-24-44(43)47(45)31-38)29-40-33-55-50-26-16-25-46(51(40)50)49-32-48(36-19-11-8-12-20-36)53-52(54-49)39-22-15-21-37(30-39)35-17-9-7-10-18-35/h4-33,41-42H,1-3H2/b34-29+. The Morgan fingerprint density at radius 2 is 1.16 bits per heavy atom. The van der Waals surface area contributed by atoms with Crippen LogP contribution in [0, 0.1) is 0 Å². The number of fused-ring (bicyclic) bond motifs is 4. The first-order valence-electron chi connectivity index (χ1n) is 18.6. The first kappa shape index (κ1) is 34.1. The smallest absolute Gasteiger partial charge is 0.160 e. The van der Waals surface area contributed by atoms with E-state index >= 15 is 0 Å². The monoisotopic (exact) mass is 722 g/mol. The predicted octanol–water partition coefficient (Wildman–Crippen LogP) is 14.3. The summed E-state index contributed by atoms with van der Waals surface area (Å²) < 4.78 is 1.20. The van der Waals surface area contributed by atoms with Gasteiger partial charge in [0.15, 0.2) is 5.82 Å². The van der Waals surface area contributed by atoms with Gasteiger partial charge in [-0.2, -0.15) is 0 Å². The summed E-state index contributed by atoms with van der Waals surface area (Å²) in [4.78, 5) is 10.5. The Bertz CT molecular complexity index is 2770. The van der Waals surface area contributed by atoms with Crippen LogP contribution in [0.2, 0.25) is 0 Å². The minimum absolute atomic E-state index is 0.162. The summed E-state index contributed by atoms with van der Waals surface area (Å²) in [6.45, 7) is 12.7. The molecule has 1 aliphatic carbocycles. The fourth-order valence-corrected chi connectivity index (χ4v) is 8.97. The van der Waals surface area contributed by atoms with Crippen LogP contribution in [0.5, 0.6) is 0 Å². The quantitative estimate of drug-likeness (QED) is 0.109. The Balaban J connectivity index is 1.18. The third-order valence-corrected chi connectivity index (χ3v) is 11.7. The third-order valence-electron chi connectivity index (χ3n) is 10.7.